The lowest BCUT2D eigenvalue weighted by atomic mass is 9.86. The number of amides is 4. The fourth-order valence-electron chi connectivity index (χ4n) is 3.87. The van der Waals surface area contributed by atoms with Gasteiger partial charge in [0.15, 0.2) is 5.41 Å². The molecule has 0 radical (unpaired) electrons. The molecule has 1 aliphatic carbocycles. The lowest BCUT2D eigenvalue weighted by Gasteiger charge is -2.23. The van der Waals surface area contributed by atoms with Crippen LogP contribution in [0.5, 0.6) is 0 Å². The van der Waals surface area contributed by atoms with Gasteiger partial charge in [-0.15, -0.1) is 0 Å². The van der Waals surface area contributed by atoms with Crippen molar-refractivity contribution in [2.45, 2.75) is 5.92 Å². The van der Waals surface area contributed by atoms with E-state index in [4.69, 9.17) is 16.3 Å². The number of barbiturate groups is 1. The number of carbonyl (C=O) groups excluding carboxylic acids is 3. The minimum absolute atomic E-state index is 0.0265. The summed E-state index contributed by atoms with van der Waals surface area (Å²) in [5.41, 5.74) is -0.286. The molecule has 29 heavy (non-hydrogen) atoms. The van der Waals surface area contributed by atoms with E-state index in [0.29, 0.717) is 0 Å². The van der Waals surface area contributed by atoms with Crippen molar-refractivity contribution in [1.82, 2.24) is 10.6 Å². The van der Waals surface area contributed by atoms with Crippen LogP contribution in [-0.4, -0.2) is 22.8 Å². The van der Waals surface area contributed by atoms with Gasteiger partial charge in [-0.3, -0.25) is 30.3 Å². The predicted octanol–water partition coefficient (Wildman–Crippen LogP) is -0.186. The highest BCUT2D eigenvalue weighted by atomic mass is 16.6. The number of carbonyl (C=O) groups is 3. The van der Waals surface area contributed by atoms with Crippen molar-refractivity contribution in [3.05, 3.63) is 51.2 Å². The molecule has 12 heteroatoms. The monoisotopic (exact) mass is 391 g/mol. The molecule has 0 bridgehead atoms. The Morgan fingerprint density at radius 2 is 1.72 bits per heavy atom. The molecule has 3 rings (SSSR count). The van der Waals surface area contributed by atoms with Crippen LogP contribution in [-0.2, 0) is 9.59 Å². The Morgan fingerprint density at radius 3 is 2.21 bits per heavy atom. The summed E-state index contributed by atoms with van der Waals surface area (Å²) in [6, 6.07) is 8.44. The number of non-ortho nitro benzene ring substituents is 1. The summed E-state index contributed by atoms with van der Waals surface area (Å²) in [6.07, 6.45) is 0. The van der Waals surface area contributed by atoms with Crippen LogP contribution in [0.15, 0.2) is 35.5 Å². The van der Waals surface area contributed by atoms with Gasteiger partial charge in [0.1, 0.15) is 23.1 Å². The molecule has 2 fully saturated rings. The molecule has 2 aliphatic rings. The Kier molecular flexibility index (Phi) is 4.03. The van der Waals surface area contributed by atoms with E-state index < -0.39 is 50.8 Å². The number of urea groups is 1. The SMILES string of the molecule is N#CC(C#N)=C(N)[C@]1(C#N)[C@H](c2cccc([N+](=O)[O-])c2)C12C(=O)NC(=O)NC2=O. The molecular weight excluding hydrogens is 382 g/mol. The van der Waals surface area contributed by atoms with E-state index in [1.54, 1.807) is 6.07 Å². The minimum atomic E-state index is -2.30. The maximum Gasteiger partial charge on any atom is 0.328 e. The van der Waals surface area contributed by atoms with Gasteiger partial charge < -0.3 is 5.73 Å². The van der Waals surface area contributed by atoms with Gasteiger partial charge in [0, 0.05) is 18.1 Å². The molecule has 1 heterocycles. The molecule has 2 atom stereocenters. The van der Waals surface area contributed by atoms with Crippen molar-refractivity contribution < 1.29 is 19.3 Å². The number of nitrogens with two attached hydrogens (primary N) is 1. The van der Waals surface area contributed by atoms with Crippen LogP contribution in [0.3, 0.4) is 0 Å². The minimum Gasteiger partial charge on any atom is -0.399 e. The number of rotatable bonds is 3. The zero-order chi connectivity index (χ0) is 21.6. The van der Waals surface area contributed by atoms with E-state index in [9.17, 15) is 29.8 Å². The number of nitrogens with zero attached hydrogens (tertiary/aromatic N) is 4. The fourth-order valence-corrected chi connectivity index (χ4v) is 3.87. The molecule has 1 aliphatic heterocycles. The second-order valence-corrected chi connectivity index (χ2v) is 6.26. The van der Waals surface area contributed by atoms with Gasteiger partial charge in [-0.2, -0.15) is 15.8 Å². The molecule has 0 unspecified atom stereocenters. The Bertz CT molecular complexity index is 1130. The predicted molar refractivity (Wildman–Crippen MR) is 90.4 cm³/mol. The molecule has 1 aromatic rings. The van der Waals surface area contributed by atoms with Crippen LogP contribution in [0.4, 0.5) is 10.5 Å². The number of nitro benzene ring substituents is 1. The molecule has 1 spiro atoms. The van der Waals surface area contributed by atoms with Crippen LogP contribution in [0, 0.1) is 54.9 Å². The van der Waals surface area contributed by atoms with Gasteiger partial charge in [0.25, 0.3) is 5.69 Å². The second-order valence-electron chi connectivity index (χ2n) is 6.26. The fraction of sp³-hybridized carbons (Fsp3) is 0.176. The normalized spacial score (nSPS) is 23.6. The third kappa shape index (κ3) is 2.19. The Balaban J connectivity index is 2.35. The number of benzene rings is 1. The van der Waals surface area contributed by atoms with E-state index >= 15 is 0 Å². The average Bonchev–Trinajstić information content (AvgIpc) is 3.33. The van der Waals surface area contributed by atoms with E-state index in [1.807, 2.05) is 10.6 Å². The summed E-state index contributed by atoms with van der Waals surface area (Å²) in [5, 5.41) is 43.1. The first-order valence-electron chi connectivity index (χ1n) is 7.85. The van der Waals surface area contributed by atoms with Gasteiger partial charge in [-0.1, -0.05) is 12.1 Å². The summed E-state index contributed by atoms with van der Waals surface area (Å²) in [6.45, 7) is 0. The highest BCUT2D eigenvalue weighted by Crippen LogP contribution is 2.77. The molecule has 4 N–H and O–H groups in total. The van der Waals surface area contributed by atoms with Crippen molar-refractivity contribution in [2.24, 2.45) is 16.6 Å². The highest BCUT2D eigenvalue weighted by molar-refractivity contribution is 6.24. The Morgan fingerprint density at radius 1 is 1.14 bits per heavy atom. The van der Waals surface area contributed by atoms with Gasteiger partial charge in [-0.05, 0) is 5.56 Å². The number of hydrogen-bond donors (Lipinski definition) is 3. The van der Waals surface area contributed by atoms with Gasteiger partial charge in [0.05, 0.1) is 16.7 Å². The third-order valence-electron chi connectivity index (χ3n) is 5.08. The first kappa shape index (κ1) is 19.0. The summed E-state index contributed by atoms with van der Waals surface area (Å²) >= 11 is 0. The van der Waals surface area contributed by atoms with Crippen molar-refractivity contribution in [2.75, 3.05) is 0 Å². The zero-order valence-corrected chi connectivity index (χ0v) is 14.3. The van der Waals surface area contributed by atoms with E-state index in [2.05, 4.69) is 0 Å². The molecule has 0 aromatic heterocycles. The van der Waals surface area contributed by atoms with E-state index in [-0.39, 0.29) is 11.3 Å². The van der Waals surface area contributed by atoms with Crippen molar-refractivity contribution in [1.29, 1.82) is 15.8 Å². The summed E-state index contributed by atoms with van der Waals surface area (Å²) in [4.78, 5) is 47.4. The maximum atomic E-state index is 12.8. The highest BCUT2D eigenvalue weighted by Gasteiger charge is 2.88. The van der Waals surface area contributed by atoms with Crippen LogP contribution in [0.1, 0.15) is 11.5 Å². The van der Waals surface area contributed by atoms with Crippen LogP contribution < -0.4 is 16.4 Å². The number of nitriles is 3. The first-order chi connectivity index (χ1) is 13.7. The third-order valence-corrected chi connectivity index (χ3v) is 5.08. The summed E-state index contributed by atoms with van der Waals surface area (Å²) in [7, 11) is 0. The van der Waals surface area contributed by atoms with Crippen LogP contribution in [0.25, 0.3) is 0 Å². The smallest absolute Gasteiger partial charge is 0.328 e. The molecule has 1 saturated carbocycles. The average molecular weight is 391 g/mol. The number of nitrogens with one attached hydrogen (secondary N) is 2. The van der Waals surface area contributed by atoms with Crippen LogP contribution >= 0.6 is 0 Å². The molecule has 142 valence electrons. The number of allylic oxidation sites excluding steroid dienone is 2. The standard InChI is InChI=1S/C17H9N7O5/c18-5-9(6-19)12(21)16(7-20)11(8-2-1-3-10(4-8)24(28)29)17(16)13(25)22-15(27)23-14(17)26/h1-4,11H,21H2,(H2,22,23,25,26,27)/t11-,16-/m0/s1. The van der Waals surface area contributed by atoms with Crippen molar-refractivity contribution in [3.8, 4) is 18.2 Å². The van der Waals surface area contributed by atoms with Crippen molar-refractivity contribution >= 4 is 23.5 Å². The summed E-state index contributed by atoms with van der Waals surface area (Å²) in [5.74, 6) is -3.71. The molecule has 1 saturated heterocycles. The number of imide groups is 2. The Hall–Kier alpha value is -4.76. The van der Waals surface area contributed by atoms with Gasteiger partial charge in [-0.25, -0.2) is 4.79 Å². The maximum absolute atomic E-state index is 12.8. The lowest BCUT2D eigenvalue weighted by molar-refractivity contribution is -0.384. The van der Waals surface area contributed by atoms with Gasteiger partial charge in [0.2, 0.25) is 11.8 Å². The molecule has 4 amide bonds. The zero-order valence-electron chi connectivity index (χ0n) is 14.3. The van der Waals surface area contributed by atoms with Crippen LogP contribution in [0.2, 0.25) is 0 Å². The molecular formula is C17H9N7O5. The first-order valence-corrected chi connectivity index (χ1v) is 7.85. The van der Waals surface area contributed by atoms with Crippen molar-refractivity contribution in [3.63, 3.8) is 0 Å². The summed E-state index contributed by atoms with van der Waals surface area (Å²) < 4.78 is 0. The largest absolute Gasteiger partial charge is 0.399 e. The topological polar surface area (TPSA) is 216 Å². The lowest BCUT2D eigenvalue weighted by Crippen LogP contribution is -2.59. The van der Waals surface area contributed by atoms with E-state index in [0.717, 1.165) is 12.1 Å². The van der Waals surface area contributed by atoms with E-state index in [1.165, 1.54) is 24.3 Å². The number of hydrogen-bond acceptors (Lipinski definition) is 9. The second kappa shape index (κ2) is 6.15. The Labute approximate surface area is 161 Å². The molecule has 12 nitrogen and oxygen atoms in total. The number of nitro groups is 1. The van der Waals surface area contributed by atoms with Gasteiger partial charge >= 0.3 is 6.03 Å². The molecule has 1 aromatic carbocycles. The quantitative estimate of drug-likeness (QED) is 0.269.